The molecule has 0 saturated carbocycles. The molecule has 0 spiro atoms. The molecule has 0 aromatic heterocycles. The maximum Gasteiger partial charge on any atom is 0.347 e. The van der Waals surface area contributed by atoms with Crippen LogP contribution in [-0.2, 0) is 19.0 Å². The van der Waals surface area contributed by atoms with Crippen molar-refractivity contribution < 1.29 is 12.6 Å². The highest BCUT2D eigenvalue weighted by Crippen LogP contribution is 2.18. The Labute approximate surface area is 94.0 Å². The van der Waals surface area contributed by atoms with E-state index in [9.17, 15) is 12.6 Å². The van der Waals surface area contributed by atoms with E-state index in [1.54, 1.807) is 31.2 Å². The maximum atomic E-state index is 12.0. The molecular weight excluding hydrogens is 258 g/mol. The first-order chi connectivity index (χ1) is 6.72. The standard InChI is InChI=1S/C8H10ClNO3S2/c1-7-5-3-4-6-8(7)14(2,11)10-15(9,12)13/h3-6H,1-2H3/t14-/m1/s1. The molecule has 0 saturated heterocycles. The first-order valence-electron chi connectivity index (χ1n) is 3.96. The summed E-state index contributed by atoms with van der Waals surface area (Å²) in [5.74, 6) is 0. The van der Waals surface area contributed by atoms with Crippen LogP contribution in [-0.4, -0.2) is 18.9 Å². The van der Waals surface area contributed by atoms with Crippen LogP contribution in [0.3, 0.4) is 0 Å². The van der Waals surface area contributed by atoms with Gasteiger partial charge in [-0.1, -0.05) is 22.0 Å². The molecule has 0 aliphatic heterocycles. The minimum atomic E-state index is -4.12. The van der Waals surface area contributed by atoms with E-state index in [1.165, 1.54) is 6.26 Å². The van der Waals surface area contributed by atoms with Crippen molar-refractivity contribution in [2.45, 2.75) is 11.8 Å². The molecule has 0 heterocycles. The van der Waals surface area contributed by atoms with Crippen molar-refractivity contribution in [2.75, 3.05) is 6.26 Å². The molecule has 15 heavy (non-hydrogen) atoms. The van der Waals surface area contributed by atoms with Crippen molar-refractivity contribution in [2.24, 2.45) is 3.77 Å². The molecule has 4 nitrogen and oxygen atoms in total. The Kier molecular flexibility index (Phi) is 3.42. The lowest BCUT2D eigenvalue weighted by molar-refractivity contribution is 0.611. The fraction of sp³-hybridized carbons (Fsp3) is 0.250. The average molecular weight is 268 g/mol. The van der Waals surface area contributed by atoms with Gasteiger partial charge in [-0.15, -0.1) is 0 Å². The minimum absolute atomic E-state index is 0.384. The summed E-state index contributed by atoms with van der Waals surface area (Å²) in [6, 6.07) is 6.74. The second-order valence-electron chi connectivity index (χ2n) is 3.05. The normalized spacial score (nSPS) is 15.7. The fourth-order valence-electron chi connectivity index (χ4n) is 1.19. The molecular formula is C8H10ClNO3S2. The predicted octanol–water partition coefficient (Wildman–Crippen LogP) is 1.94. The Balaban J connectivity index is 3.50. The van der Waals surface area contributed by atoms with Gasteiger partial charge in [-0.25, -0.2) is 4.21 Å². The van der Waals surface area contributed by atoms with Crippen LogP contribution in [0.5, 0.6) is 0 Å². The number of rotatable bonds is 2. The summed E-state index contributed by atoms with van der Waals surface area (Å²) in [6.07, 6.45) is 1.25. The van der Waals surface area contributed by atoms with Gasteiger partial charge in [0, 0.05) is 16.9 Å². The molecule has 1 atom stereocenters. The van der Waals surface area contributed by atoms with Crippen LogP contribution in [0, 0.1) is 6.92 Å². The summed E-state index contributed by atoms with van der Waals surface area (Å²) in [5.41, 5.74) is 0.717. The van der Waals surface area contributed by atoms with Crippen LogP contribution in [0.1, 0.15) is 5.56 Å². The minimum Gasteiger partial charge on any atom is -0.244 e. The van der Waals surface area contributed by atoms with E-state index in [0.717, 1.165) is 0 Å². The lowest BCUT2D eigenvalue weighted by Gasteiger charge is -2.05. The van der Waals surface area contributed by atoms with Crippen LogP contribution in [0.2, 0.25) is 0 Å². The second kappa shape index (κ2) is 4.11. The molecule has 0 radical (unpaired) electrons. The van der Waals surface area contributed by atoms with Crippen molar-refractivity contribution in [3.63, 3.8) is 0 Å². The molecule has 0 amide bonds. The quantitative estimate of drug-likeness (QED) is 0.769. The lowest BCUT2D eigenvalue weighted by Crippen LogP contribution is -2.02. The lowest BCUT2D eigenvalue weighted by atomic mass is 10.2. The van der Waals surface area contributed by atoms with Gasteiger partial charge in [0.25, 0.3) is 0 Å². The first kappa shape index (κ1) is 12.5. The van der Waals surface area contributed by atoms with Crippen molar-refractivity contribution in [1.29, 1.82) is 0 Å². The van der Waals surface area contributed by atoms with Crippen LogP contribution < -0.4 is 0 Å². The van der Waals surface area contributed by atoms with E-state index in [1.807, 2.05) is 0 Å². The highest BCUT2D eigenvalue weighted by molar-refractivity contribution is 8.17. The summed E-state index contributed by atoms with van der Waals surface area (Å²) in [6.45, 7) is 1.73. The Morgan fingerprint density at radius 3 is 2.20 bits per heavy atom. The topological polar surface area (TPSA) is 63.6 Å². The molecule has 0 unspecified atom stereocenters. The summed E-state index contributed by atoms with van der Waals surface area (Å²) >= 11 is 0. The molecule has 84 valence electrons. The molecule has 7 heteroatoms. The van der Waals surface area contributed by atoms with Crippen molar-refractivity contribution in [3.8, 4) is 0 Å². The van der Waals surface area contributed by atoms with Crippen molar-refractivity contribution >= 4 is 29.6 Å². The van der Waals surface area contributed by atoms with Gasteiger partial charge in [0.1, 0.15) is 0 Å². The molecule has 0 bridgehead atoms. The number of nitrogens with zero attached hydrogens (tertiary/aromatic N) is 1. The van der Waals surface area contributed by atoms with Gasteiger partial charge in [0.15, 0.2) is 0 Å². The molecule has 0 N–H and O–H groups in total. The Hall–Kier alpha value is -0.590. The number of hydrogen-bond donors (Lipinski definition) is 0. The van der Waals surface area contributed by atoms with Gasteiger partial charge < -0.3 is 0 Å². The van der Waals surface area contributed by atoms with Gasteiger partial charge in [0.2, 0.25) is 0 Å². The average Bonchev–Trinajstić information content (AvgIpc) is 1.99. The summed E-state index contributed by atoms with van der Waals surface area (Å²) in [7, 11) is -2.17. The second-order valence-corrected chi connectivity index (χ2v) is 7.69. The van der Waals surface area contributed by atoms with E-state index in [-0.39, 0.29) is 0 Å². The zero-order valence-corrected chi connectivity index (χ0v) is 10.6. The maximum absolute atomic E-state index is 12.0. The zero-order chi connectivity index (χ0) is 11.7. The van der Waals surface area contributed by atoms with Gasteiger partial charge >= 0.3 is 9.24 Å². The highest BCUT2D eigenvalue weighted by atomic mass is 35.7. The van der Waals surface area contributed by atoms with Gasteiger partial charge in [-0.2, -0.15) is 8.42 Å². The van der Waals surface area contributed by atoms with E-state index in [4.69, 9.17) is 10.7 Å². The van der Waals surface area contributed by atoms with E-state index < -0.39 is 19.0 Å². The molecule has 1 rings (SSSR count). The van der Waals surface area contributed by atoms with Crippen LogP contribution in [0.15, 0.2) is 32.9 Å². The molecule has 0 aliphatic carbocycles. The van der Waals surface area contributed by atoms with Crippen LogP contribution in [0.25, 0.3) is 0 Å². The number of aryl methyl sites for hydroxylation is 1. The van der Waals surface area contributed by atoms with Crippen LogP contribution >= 0.6 is 10.7 Å². The van der Waals surface area contributed by atoms with Gasteiger partial charge in [-0.3, -0.25) is 0 Å². The molecule has 1 aromatic carbocycles. The highest BCUT2D eigenvalue weighted by Gasteiger charge is 2.13. The molecule has 0 fully saturated rings. The monoisotopic (exact) mass is 267 g/mol. The Bertz CT molecular complexity index is 586. The third-order valence-corrected chi connectivity index (χ3v) is 5.36. The summed E-state index contributed by atoms with van der Waals surface area (Å²) in [5, 5.41) is 0. The predicted molar refractivity (Wildman–Crippen MR) is 60.7 cm³/mol. The smallest absolute Gasteiger partial charge is 0.244 e. The van der Waals surface area contributed by atoms with Gasteiger partial charge in [0.05, 0.1) is 14.6 Å². The zero-order valence-electron chi connectivity index (χ0n) is 8.18. The number of hydrogen-bond acceptors (Lipinski definition) is 3. The van der Waals surface area contributed by atoms with E-state index in [2.05, 4.69) is 3.77 Å². The largest absolute Gasteiger partial charge is 0.347 e. The summed E-state index contributed by atoms with van der Waals surface area (Å²) < 4.78 is 36.6. The summed E-state index contributed by atoms with van der Waals surface area (Å²) in [4.78, 5) is 0.384. The Morgan fingerprint density at radius 2 is 1.73 bits per heavy atom. The number of halogens is 1. The first-order valence-corrected chi connectivity index (χ1v) is 8.15. The van der Waals surface area contributed by atoms with Crippen molar-refractivity contribution in [3.05, 3.63) is 29.8 Å². The van der Waals surface area contributed by atoms with Crippen LogP contribution in [0.4, 0.5) is 0 Å². The number of benzene rings is 1. The van der Waals surface area contributed by atoms with Gasteiger partial charge in [-0.05, 0) is 18.6 Å². The van der Waals surface area contributed by atoms with E-state index >= 15 is 0 Å². The third kappa shape index (κ3) is 3.48. The molecule has 0 aliphatic rings. The third-order valence-electron chi connectivity index (χ3n) is 1.73. The SMILES string of the molecule is Cc1ccccc1[S@@](C)(=O)=NS(=O)(=O)Cl. The van der Waals surface area contributed by atoms with E-state index in [0.29, 0.717) is 10.5 Å². The Morgan fingerprint density at radius 1 is 1.20 bits per heavy atom. The van der Waals surface area contributed by atoms with Crippen molar-refractivity contribution in [1.82, 2.24) is 0 Å². The fourth-order valence-corrected chi connectivity index (χ4v) is 4.84. The molecule has 1 aromatic rings.